The molecule has 2 bridgehead atoms. The van der Waals surface area contributed by atoms with Gasteiger partial charge in [0.05, 0.1) is 24.4 Å². The Kier molecular flexibility index (Phi) is 6.39. The molecule has 3 aliphatic rings. The van der Waals surface area contributed by atoms with Gasteiger partial charge < -0.3 is 14.2 Å². The zero-order valence-corrected chi connectivity index (χ0v) is 19.2. The average molecular weight is 436 g/mol. The second-order valence-corrected chi connectivity index (χ2v) is 10.3. The van der Waals surface area contributed by atoms with E-state index in [4.69, 9.17) is 14.2 Å². The van der Waals surface area contributed by atoms with E-state index < -0.39 is 6.09 Å². The van der Waals surface area contributed by atoms with Gasteiger partial charge in [-0.3, -0.25) is 5.32 Å². The summed E-state index contributed by atoms with van der Waals surface area (Å²) < 4.78 is 17.2. The molecular formula is C23H33NO5S. The van der Waals surface area contributed by atoms with Crippen molar-refractivity contribution in [1.82, 2.24) is 0 Å². The summed E-state index contributed by atoms with van der Waals surface area (Å²) in [6.45, 7) is 8.69. The van der Waals surface area contributed by atoms with E-state index in [0.29, 0.717) is 41.3 Å². The summed E-state index contributed by atoms with van der Waals surface area (Å²) in [6, 6.07) is 0. The van der Waals surface area contributed by atoms with Crippen LogP contribution in [0.3, 0.4) is 0 Å². The lowest BCUT2D eigenvalue weighted by atomic mass is 9.75. The highest BCUT2D eigenvalue weighted by Gasteiger charge is 2.40. The van der Waals surface area contributed by atoms with Gasteiger partial charge in [-0.1, -0.05) is 27.2 Å². The van der Waals surface area contributed by atoms with E-state index in [-0.39, 0.29) is 24.3 Å². The fraction of sp³-hybridized carbons (Fsp3) is 0.739. The second-order valence-electron chi connectivity index (χ2n) is 9.29. The van der Waals surface area contributed by atoms with Gasteiger partial charge in [0.15, 0.2) is 0 Å². The predicted molar refractivity (Wildman–Crippen MR) is 116 cm³/mol. The van der Waals surface area contributed by atoms with Gasteiger partial charge in [0.2, 0.25) is 0 Å². The molecule has 3 heterocycles. The number of carbonyl (C=O) groups excluding carboxylic acids is 2. The average Bonchev–Trinajstić information content (AvgIpc) is 3.24. The predicted octanol–water partition coefficient (Wildman–Crippen LogP) is 5.71. The van der Waals surface area contributed by atoms with Crippen LogP contribution in [0.5, 0.6) is 0 Å². The van der Waals surface area contributed by atoms with Gasteiger partial charge in [-0.25, -0.2) is 9.59 Å². The van der Waals surface area contributed by atoms with Crippen molar-refractivity contribution < 1.29 is 23.8 Å². The number of ether oxygens (including phenoxy) is 3. The number of hydrogen-bond acceptors (Lipinski definition) is 6. The number of hydrogen-bond donors (Lipinski definition) is 1. The number of esters is 1. The van der Waals surface area contributed by atoms with Crippen LogP contribution in [0.4, 0.5) is 9.80 Å². The number of carbonyl (C=O) groups is 2. The fourth-order valence-electron chi connectivity index (χ4n) is 5.24. The minimum Gasteiger partial charge on any atom is -0.462 e. The molecule has 7 heteroatoms. The van der Waals surface area contributed by atoms with E-state index in [1.807, 2.05) is 0 Å². The molecule has 6 nitrogen and oxygen atoms in total. The van der Waals surface area contributed by atoms with Crippen molar-refractivity contribution in [3.63, 3.8) is 0 Å². The Morgan fingerprint density at radius 1 is 1.23 bits per heavy atom. The largest absolute Gasteiger partial charge is 0.462 e. The van der Waals surface area contributed by atoms with Crippen molar-refractivity contribution in [2.45, 2.75) is 84.5 Å². The van der Waals surface area contributed by atoms with Crippen LogP contribution in [-0.4, -0.2) is 30.9 Å². The molecule has 2 unspecified atom stereocenters. The number of rotatable bonds is 5. The van der Waals surface area contributed by atoms with Crippen LogP contribution in [0, 0.1) is 17.8 Å². The Bertz CT molecular complexity index is 804. The Hall–Kier alpha value is -1.60. The molecule has 1 aromatic rings. The molecular weight excluding hydrogens is 402 g/mol. The van der Waals surface area contributed by atoms with E-state index in [1.54, 1.807) is 6.92 Å². The van der Waals surface area contributed by atoms with E-state index in [2.05, 4.69) is 26.1 Å². The summed E-state index contributed by atoms with van der Waals surface area (Å²) >= 11 is 1.44. The number of fused-ring (bicyclic) bond motifs is 4. The number of thiophene rings is 1. The van der Waals surface area contributed by atoms with Crippen molar-refractivity contribution in [3.8, 4) is 0 Å². The lowest BCUT2D eigenvalue weighted by Gasteiger charge is -2.36. The fourth-order valence-corrected chi connectivity index (χ4v) is 6.52. The molecule has 2 aliphatic heterocycles. The lowest BCUT2D eigenvalue weighted by molar-refractivity contribution is 0.0126. The lowest BCUT2D eigenvalue weighted by Crippen LogP contribution is -2.37. The Morgan fingerprint density at radius 3 is 2.77 bits per heavy atom. The van der Waals surface area contributed by atoms with Crippen molar-refractivity contribution in [2.24, 2.45) is 17.8 Å². The number of amides is 1. The maximum atomic E-state index is 12.9. The maximum absolute atomic E-state index is 12.9. The highest BCUT2D eigenvalue weighted by atomic mass is 32.1. The second kappa shape index (κ2) is 8.87. The van der Waals surface area contributed by atoms with Crippen LogP contribution in [0.15, 0.2) is 0 Å². The smallest absolute Gasteiger partial charge is 0.412 e. The van der Waals surface area contributed by atoms with E-state index in [0.717, 1.165) is 36.1 Å². The summed E-state index contributed by atoms with van der Waals surface area (Å²) in [4.78, 5) is 26.6. The summed E-state index contributed by atoms with van der Waals surface area (Å²) in [5.74, 6) is 1.01. The summed E-state index contributed by atoms with van der Waals surface area (Å²) in [7, 11) is 0. The van der Waals surface area contributed by atoms with E-state index in [1.165, 1.54) is 17.8 Å². The van der Waals surface area contributed by atoms with Gasteiger partial charge in [-0.15, -0.1) is 11.3 Å². The van der Waals surface area contributed by atoms with Crippen LogP contribution in [0.1, 0.15) is 86.7 Å². The molecule has 0 radical (unpaired) electrons. The zero-order chi connectivity index (χ0) is 21.4. The molecule has 4 rings (SSSR count). The minimum atomic E-state index is -0.477. The van der Waals surface area contributed by atoms with Crippen LogP contribution >= 0.6 is 11.3 Å². The molecule has 2 fully saturated rings. The van der Waals surface area contributed by atoms with Crippen molar-refractivity contribution in [1.29, 1.82) is 0 Å². The summed E-state index contributed by atoms with van der Waals surface area (Å²) in [5.41, 5.74) is 1.48. The summed E-state index contributed by atoms with van der Waals surface area (Å²) in [5, 5.41) is 3.42. The molecule has 166 valence electrons. The molecule has 1 saturated carbocycles. The third-order valence-corrected chi connectivity index (χ3v) is 8.02. The molecule has 30 heavy (non-hydrogen) atoms. The van der Waals surface area contributed by atoms with Crippen LogP contribution in [-0.2, 0) is 20.6 Å². The van der Waals surface area contributed by atoms with Crippen LogP contribution in [0.25, 0.3) is 0 Å². The first kappa shape index (κ1) is 21.6. The molecule has 1 amide bonds. The van der Waals surface area contributed by atoms with Gasteiger partial charge >= 0.3 is 12.1 Å². The van der Waals surface area contributed by atoms with Crippen LogP contribution in [0.2, 0.25) is 0 Å². The first-order valence-corrected chi connectivity index (χ1v) is 12.1. The first-order valence-electron chi connectivity index (χ1n) is 11.3. The van der Waals surface area contributed by atoms with E-state index >= 15 is 0 Å². The van der Waals surface area contributed by atoms with Gasteiger partial charge in [-0.2, -0.15) is 0 Å². The molecule has 1 saturated heterocycles. The normalized spacial score (nSPS) is 30.1. The molecule has 0 aromatic carbocycles. The number of anilines is 1. The highest BCUT2D eigenvalue weighted by Crippen LogP contribution is 2.49. The van der Waals surface area contributed by atoms with E-state index in [9.17, 15) is 9.59 Å². The third kappa shape index (κ3) is 4.24. The quantitative estimate of drug-likeness (QED) is 0.600. The molecule has 1 aliphatic carbocycles. The molecule has 1 aromatic heterocycles. The number of nitrogens with one attached hydrogen (secondary N) is 1. The van der Waals surface area contributed by atoms with Gasteiger partial charge in [-0.05, 0) is 55.9 Å². The van der Waals surface area contributed by atoms with Gasteiger partial charge in [0, 0.05) is 11.3 Å². The Labute approximate surface area is 182 Å². The Morgan fingerprint density at radius 2 is 2.03 bits per heavy atom. The minimum absolute atomic E-state index is 0.0213. The monoisotopic (exact) mass is 435 g/mol. The van der Waals surface area contributed by atoms with Gasteiger partial charge in [0.25, 0.3) is 0 Å². The third-order valence-electron chi connectivity index (χ3n) is 6.78. The van der Waals surface area contributed by atoms with Gasteiger partial charge in [0.1, 0.15) is 11.1 Å². The highest BCUT2D eigenvalue weighted by molar-refractivity contribution is 7.17. The SMILES string of the molecule is CCOC(=O)c1c(NC(=O)O[C@@H]2C[C@H](C)CC[C@H]2C(C)C)sc2c1CC1CCC2O1. The topological polar surface area (TPSA) is 73.9 Å². The first-order chi connectivity index (χ1) is 14.4. The van der Waals surface area contributed by atoms with Crippen LogP contribution < -0.4 is 5.32 Å². The zero-order valence-electron chi connectivity index (χ0n) is 18.4. The Balaban J connectivity index is 1.54. The van der Waals surface area contributed by atoms with Crippen molar-refractivity contribution >= 4 is 28.4 Å². The van der Waals surface area contributed by atoms with Crippen molar-refractivity contribution in [3.05, 3.63) is 16.0 Å². The van der Waals surface area contributed by atoms with Crippen molar-refractivity contribution in [2.75, 3.05) is 11.9 Å². The maximum Gasteiger partial charge on any atom is 0.412 e. The molecule has 1 N–H and O–H groups in total. The standard InChI is InChI=1S/C23H33NO5S/c1-5-27-22(25)19-16-11-14-7-9-17(28-14)20(16)30-21(19)24-23(26)29-18-10-13(4)6-8-15(18)12(2)3/h12-15,17-18H,5-11H2,1-4H3,(H,24,26)/t13-,14?,15+,17?,18-/m1/s1. The molecule has 0 spiro atoms. The summed E-state index contributed by atoms with van der Waals surface area (Å²) in [6.07, 6.45) is 5.42. The molecule has 5 atom stereocenters.